The third kappa shape index (κ3) is 2.77. The number of carboxylic acid groups (broad SMARTS) is 1. The van der Waals surface area contributed by atoms with Crippen LogP contribution in [0.25, 0.3) is 0 Å². The number of anilines is 1. The van der Waals surface area contributed by atoms with E-state index in [1.54, 1.807) is 0 Å². The molecule has 5 heteroatoms. The summed E-state index contributed by atoms with van der Waals surface area (Å²) in [6.07, 6.45) is 3.19. The quantitative estimate of drug-likeness (QED) is 0.751. The van der Waals surface area contributed by atoms with Crippen molar-refractivity contribution in [3.63, 3.8) is 0 Å². The summed E-state index contributed by atoms with van der Waals surface area (Å²) < 4.78 is 4.67. The molecule has 0 atom stereocenters. The van der Waals surface area contributed by atoms with Crippen molar-refractivity contribution in [2.45, 2.75) is 26.2 Å². The zero-order chi connectivity index (χ0) is 9.68. The number of hydrogen-bond acceptors (Lipinski definition) is 3. The molecule has 0 fully saturated rings. The van der Waals surface area contributed by atoms with E-state index in [1.165, 1.54) is 6.26 Å². The summed E-state index contributed by atoms with van der Waals surface area (Å²) >= 11 is 0. The van der Waals surface area contributed by atoms with Crippen molar-refractivity contribution in [3.05, 3.63) is 11.8 Å². The zero-order valence-electron chi connectivity index (χ0n) is 7.41. The fourth-order valence-electron chi connectivity index (χ4n) is 1.01. The molecule has 1 heterocycles. The maximum absolute atomic E-state index is 10.3. The number of carbonyl (C=O) groups is 1. The number of aromatic nitrogens is 1. The second kappa shape index (κ2) is 4.49. The molecule has 13 heavy (non-hydrogen) atoms. The standard InChI is InChI=1S/C8H12N2O3/c1-2-3-4-6-5-13-10-7(6)9-8(11)12/h5H,2-4H2,1H3,(H,9,10)(H,11,12). The molecule has 0 aromatic carbocycles. The van der Waals surface area contributed by atoms with Crippen molar-refractivity contribution in [1.82, 2.24) is 5.16 Å². The molecule has 0 spiro atoms. The summed E-state index contributed by atoms with van der Waals surface area (Å²) in [6, 6.07) is 0. The molecule has 0 radical (unpaired) electrons. The van der Waals surface area contributed by atoms with Gasteiger partial charge in [-0.1, -0.05) is 18.5 Å². The van der Waals surface area contributed by atoms with Crippen molar-refractivity contribution >= 4 is 11.9 Å². The molecule has 2 N–H and O–H groups in total. The number of hydrogen-bond donors (Lipinski definition) is 2. The molecule has 0 bridgehead atoms. The Morgan fingerprint density at radius 1 is 1.77 bits per heavy atom. The highest BCUT2D eigenvalue weighted by molar-refractivity contribution is 5.82. The first-order chi connectivity index (χ1) is 6.24. The molecule has 72 valence electrons. The van der Waals surface area contributed by atoms with Crippen LogP contribution in [0.15, 0.2) is 10.8 Å². The lowest BCUT2D eigenvalue weighted by molar-refractivity contribution is 0.209. The molecule has 5 nitrogen and oxygen atoms in total. The highest BCUT2D eigenvalue weighted by Crippen LogP contribution is 2.15. The van der Waals surface area contributed by atoms with Crippen LogP contribution >= 0.6 is 0 Å². The fourth-order valence-corrected chi connectivity index (χ4v) is 1.01. The van der Waals surface area contributed by atoms with Crippen LogP contribution in [0, 0.1) is 0 Å². The van der Waals surface area contributed by atoms with Crippen molar-refractivity contribution in [2.75, 3.05) is 5.32 Å². The predicted molar refractivity (Wildman–Crippen MR) is 46.8 cm³/mol. The Bertz CT molecular complexity index is 283. The molecular weight excluding hydrogens is 172 g/mol. The number of nitrogens with zero attached hydrogens (tertiary/aromatic N) is 1. The first-order valence-electron chi connectivity index (χ1n) is 4.17. The van der Waals surface area contributed by atoms with Crippen LogP contribution in [0.4, 0.5) is 10.6 Å². The minimum Gasteiger partial charge on any atom is -0.465 e. The van der Waals surface area contributed by atoms with E-state index < -0.39 is 6.09 Å². The lowest BCUT2D eigenvalue weighted by Gasteiger charge is -1.98. The molecule has 1 amide bonds. The second-order valence-corrected chi connectivity index (χ2v) is 2.72. The number of unbranched alkanes of at least 4 members (excludes halogenated alkanes) is 1. The highest BCUT2D eigenvalue weighted by Gasteiger charge is 2.08. The van der Waals surface area contributed by atoms with Crippen LogP contribution in [-0.2, 0) is 6.42 Å². The van der Waals surface area contributed by atoms with E-state index in [4.69, 9.17) is 5.11 Å². The maximum Gasteiger partial charge on any atom is 0.410 e. The van der Waals surface area contributed by atoms with E-state index in [-0.39, 0.29) is 0 Å². The summed E-state index contributed by atoms with van der Waals surface area (Å²) in [4.78, 5) is 10.3. The Morgan fingerprint density at radius 2 is 2.54 bits per heavy atom. The van der Waals surface area contributed by atoms with Gasteiger partial charge in [-0.2, -0.15) is 0 Å². The number of rotatable bonds is 4. The lowest BCUT2D eigenvalue weighted by Crippen LogP contribution is -2.09. The summed E-state index contributed by atoms with van der Waals surface area (Å²) in [6.45, 7) is 2.07. The summed E-state index contributed by atoms with van der Waals surface area (Å²) in [5, 5.41) is 14.2. The Labute approximate surface area is 75.7 Å². The van der Waals surface area contributed by atoms with Crippen LogP contribution in [-0.4, -0.2) is 16.4 Å². The number of nitrogens with one attached hydrogen (secondary N) is 1. The van der Waals surface area contributed by atoms with Gasteiger partial charge in [0, 0.05) is 5.56 Å². The normalized spacial score (nSPS) is 9.92. The van der Waals surface area contributed by atoms with Crippen LogP contribution < -0.4 is 5.32 Å². The third-order valence-electron chi connectivity index (χ3n) is 1.67. The zero-order valence-corrected chi connectivity index (χ0v) is 7.41. The van der Waals surface area contributed by atoms with Gasteiger partial charge in [0.15, 0.2) is 5.82 Å². The summed E-state index contributed by atoms with van der Waals surface area (Å²) in [5.41, 5.74) is 0.809. The highest BCUT2D eigenvalue weighted by atomic mass is 16.5. The first-order valence-corrected chi connectivity index (χ1v) is 4.17. The molecular formula is C8H12N2O3. The Hall–Kier alpha value is -1.52. The Morgan fingerprint density at radius 3 is 3.15 bits per heavy atom. The Balaban J connectivity index is 2.60. The monoisotopic (exact) mass is 184 g/mol. The smallest absolute Gasteiger partial charge is 0.410 e. The first kappa shape index (κ1) is 9.57. The molecule has 0 unspecified atom stereocenters. The molecule has 0 saturated carbocycles. The molecule has 0 saturated heterocycles. The molecule has 1 rings (SSSR count). The molecule has 0 aliphatic rings. The van der Waals surface area contributed by atoms with Gasteiger partial charge in [0.1, 0.15) is 6.26 Å². The van der Waals surface area contributed by atoms with Crippen LogP contribution in [0.1, 0.15) is 25.3 Å². The van der Waals surface area contributed by atoms with Crippen LogP contribution in [0.5, 0.6) is 0 Å². The van der Waals surface area contributed by atoms with E-state index >= 15 is 0 Å². The van der Waals surface area contributed by atoms with E-state index in [1.807, 2.05) is 0 Å². The molecule has 0 aliphatic heterocycles. The topological polar surface area (TPSA) is 75.4 Å². The van der Waals surface area contributed by atoms with E-state index in [0.717, 1.165) is 24.8 Å². The van der Waals surface area contributed by atoms with Crippen molar-refractivity contribution in [3.8, 4) is 0 Å². The molecule has 1 aromatic heterocycles. The molecule has 0 aliphatic carbocycles. The van der Waals surface area contributed by atoms with Gasteiger partial charge in [-0.15, -0.1) is 0 Å². The van der Waals surface area contributed by atoms with Gasteiger partial charge in [-0.3, -0.25) is 5.32 Å². The van der Waals surface area contributed by atoms with Gasteiger partial charge in [-0.25, -0.2) is 4.79 Å². The van der Waals surface area contributed by atoms with Gasteiger partial charge in [-0.05, 0) is 12.8 Å². The molecule has 1 aromatic rings. The van der Waals surface area contributed by atoms with Gasteiger partial charge >= 0.3 is 6.09 Å². The summed E-state index contributed by atoms with van der Waals surface area (Å²) in [7, 11) is 0. The maximum atomic E-state index is 10.3. The number of aryl methyl sites for hydroxylation is 1. The summed E-state index contributed by atoms with van der Waals surface area (Å²) in [5.74, 6) is 0.306. The van der Waals surface area contributed by atoms with E-state index in [2.05, 4.69) is 21.9 Å². The fraction of sp³-hybridized carbons (Fsp3) is 0.500. The average Bonchev–Trinajstić information content (AvgIpc) is 2.48. The van der Waals surface area contributed by atoms with Gasteiger partial charge in [0.25, 0.3) is 0 Å². The van der Waals surface area contributed by atoms with E-state index in [9.17, 15) is 4.79 Å². The Kier molecular flexibility index (Phi) is 3.31. The lowest BCUT2D eigenvalue weighted by atomic mass is 10.1. The third-order valence-corrected chi connectivity index (χ3v) is 1.67. The van der Waals surface area contributed by atoms with Crippen molar-refractivity contribution in [1.29, 1.82) is 0 Å². The predicted octanol–water partition coefficient (Wildman–Crippen LogP) is 2.11. The van der Waals surface area contributed by atoms with Crippen molar-refractivity contribution in [2.24, 2.45) is 0 Å². The van der Waals surface area contributed by atoms with Gasteiger partial charge in [0.05, 0.1) is 0 Å². The van der Waals surface area contributed by atoms with Crippen molar-refractivity contribution < 1.29 is 14.4 Å². The van der Waals surface area contributed by atoms with Crippen LogP contribution in [0.3, 0.4) is 0 Å². The minimum atomic E-state index is -1.12. The van der Waals surface area contributed by atoms with Gasteiger partial charge < -0.3 is 9.63 Å². The van der Waals surface area contributed by atoms with E-state index in [0.29, 0.717) is 5.82 Å². The number of amides is 1. The minimum absolute atomic E-state index is 0.306. The van der Waals surface area contributed by atoms with Gasteiger partial charge in [0.2, 0.25) is 0 Å². The largest absolute Gasteiger partial charge is 0.465 e. The second-order valence-electron chi connectivity index (χ2n) is 2.72. The van der Waals surface area contributed by atoms with Crippen LogP contribution in [0.2, 0.25) is 0 Å². The SMILES string of the molecule is CCCCc1conc1NC(=O)O. The average molecular weight is 184 g/mol.